The number of amides is 1. The summed E-state index contributed by atoms with van der Waals surface area (Å²) in [5.74, 6) is 1.12. The highest BCUT2D eigenvalue weighted by Gasteiger charge is 2.23. The summed E-state index contributed by atoms with van der Waals surface area (Å²) in [6.45, 7) is 4.35. The van der Waals surface area contributed by atoms with Crippen molar-refractivity contribution in [3.8, 4) is 11.5 Å². The highest BCUT2D eigenvalue weighted by atomic mass is 32.2. The summed E-state index contributed by atoms with van der Waals surface area (Å²) in [6.07, 6.45) is 0. The molecule has 1 amide bonds. The monoisotopic (exact) mass is 482 g/mol. The van der Waals surface area contributed by atoms with Crippen LogP contribution in [0.25, 0.3) is 0 Å². The summed E-state index contributed by atoms with van der Waals surface area (Å²) < 4.78 is 37.3. The zero-order valence-electron chi connectivity index (χ0n) is 19.8. The summed E-state index contributed by atoms with van der Waals surface area (Å²) in [5, 5.41) is 3.06. The summed E-state index contributed by atoms with van der Waals surface area (Å²) in [7, 11) is -0.390. The molecule has 0 aliphatic heterocycles. The van der Waals surface area contributed by atoms with Crippen LogP contribution in [0.3, 0.4) is 0 Å². The minimum Gasteiger partial charge on any atom is -0.497 e. The number of carbonyl (C=O) groups is 1. The normalized spacial score (nSPS) is 11.5. The molecule has 0 radical (unpaired) electrons. The number of carbonyl (C=O) groups excluding carboxylic acids is 1. The second kappa shape index (κ2) is 11.2. The molecule has 0 aliphatic rings. The van der Waals surface area contributed by atoms with Crippen molar-refractivity contribution in [1.82, 2.24) is 9.62 Å². The van der Waals surface area contributed by atoms with E-state index in [1.54, 1.807) is 28.1 Å². The van der Waals surface area contributed by atoms with Gasteiger partial charge < -0.3 is 14.8 Å². The third-order valence-corrected chi connectivity index (χ3v) is 7.70. The molecular formula is C26H30N2O5S. The molecule has 3 rings (SSSR count). The molecule has 7 nitrogen and oxygen atoms in total. The largest absolute Gasteiger partial charge is 0.497 e. The van der Waals surface area contributed by atoms with E-state index in [-0.39, 0.29) is 10.8 Å². The summed E-state index contributed by atoms with van der Waals surface area (Å²) in [6, 6.07) is 20.5. The van der Waals surface area contributed by atoms with Crippen LogP contribution in [-0.4, -0.2) is 45.9 Å². The van der Waals surface area contributed by atoms with E-state index in [4.69, 9.17) is 9.47 Å². The fraction of sp³-hybridized carbons (Fsp3) is 0.269. The zero-order valence-corrected chi connectivity index (χ0v) is 20.6. The molecule has 3 aromatic carbocycles. The number of nitrogens with one attached hydrogen (secondary N) is 1. The standard InChI is InChI=1S/C26H30N2O5S/c1-5-28(6-2)34(30,31)24-17-11-21(12-18-24)26(29)27-25(19-7-13-22(32-3)14-8-19)20-9-15-23(33-4)16-10-20/h7-18,25H,5-6H2,1-4H3,(H,27,29). The van der Waals surface area contributed by atoms with Crippen LogP contribution in [0.1, 0.15) is 41.4 Å². The molecular weight excluding hydrogens is 452 g/mol. The van der Waals surface area contributed by atoms with E-state index in [2.05, 4.69) is 5.32 Å². The number of ether oxygens (including phenoxy) is 2. The lowest BCUT2D eigenvalue weighted by Crippen LogP contribution is -2.31. The lowest BCUT2D eigenvalue weighted by atomic mass is 9.98. The first-order chi connectivity index (χ1) is 16.3. The molecule has 180 valence electrons. The van der Waals surface area contributed by atoms with E-state index in [0.29, 0.717) is 30.2 Å². The van der Waals surface area contributed by atoms with Crippen molar-refractivity contribution in [2.24, 2.45) is 0 Å². The van der Waals surface area contributed by atoms with Crippen LogP contribution in [0.5, 0.6) is 11.5 Å². The molecule has 0 heterocycles. The lowest BCUT2D eigenvalue weighted by molar-refractivity contribution is 0.0943. The molecule has 1 N–H and O–H groups in total. The summed E-state index contributed by atoms with van der Waals surface area (Å²) in [4.78, 5) is 13.3. The van der Waals surface area contributed by atoms with Crippen LogP contribution >= 0.6 is 0 Å². The Bertz CT molecular complexity index is 1140. The third-order valence-electron chi connectivity index (χ3n) is 5.63. The average molecular weight is 483 g/mol. The number of sulfonamides is 1. The molecule has 3 aromatic rings. The second-order valence-electron chi connectivity index (χ2n) is 7.57. The van der Waals surface area contributed by atoms with Crippen molar-refractivity contribution < 1.29 is 22.7 Å². The van der Waals surface area contributed by atoms with Gasteiger partial charge in [0.2, 0.25) is 10.0 Å². The third kappa shape index (κ3) is 5.58. The van der Waals surface area contributed by atoms with E-state index >= 15 is 0 Å². The highest BCUT2D eigenvalue weighted by Crippen LogP contribution is 2.26. The Balaban J connectivity index is 1.88. The van der Waals surface area contributed by atoms with Crippen molar-refractivity contribution in [1.29, 1.82) is 0 Å². The maximum absolute atomic E-state index is 13.1. The van der Waals surface area contributed by atoms with Crippen molar-refractivity contribution in [2.75, 3.05) is 27.3 Å². The van der Waals surface area contributed by atoms with Gasteiger partial charge in [0.1, 0.15) is 11.5 Å². The Morgan fingerprint density at radius 3 is 1.62 bits per heavy atom. The first kappa shape index (κ1) is 25.3. The molecule has 0 atom stereocenters. The predicted molar refractivity (Wildman–Crippen MR) is 132 cm³/mol. The van der Waals surface area contributed by atoms with Gasteiger partial charge in [-0.05, 0) is 59.7 Å². The average Bonchev–Trinajstić information content (AvgIpc) is 2.88. The number of benzene rings is 3. The van der Waals surface area contributed by atoms with Crippen molar-refractivity contribution >= 4 is 15.9 Å². The van der Waals surface area contributed by atoms with Gasteiger partial charge in [-0.15, -0.1) is 0 Å². The molecule has 0 aromatic heterocycles. The number of hydrogen-bond donors (Lipinski definition) is 1. The Kier molecular flexibility index (Phi) is 8.31. The summed E-state index contributed by atoms with van der Waals surface area (Å²) in [5.41, 5.74) is 2.12. The van der Waals surface area contributed by atoms with Gasteiger partial charge in [-0.3, -0.25) is 4.79 Å². The first-order valence-corrected chi connectivity index (χ1v) is 12.5. The highest BCUT2D eigenvalue weighted by molar-refractivity contribution is 7.89. The molecule has 0 bridgehead atoms. The maximum atomic E-state index is 13.1. The van der Waals surface area contributed by atoms with Crippen LogP contribution < -0.4 is 14.8 Å². The van der Waals surface area contributed by atoms with Gasteiger partial charge in [0.15, 0.2) is 0 Å². The minimum atomic E-state index is -3.59. The fourth-order valence-corrected chi connectivity index (χ4v) is 5.12. The number of methoxy groups -OCH3 is 2. The van der Waals surface area contributed by atoms with E-state index < -0.39 is 16.1 Å². The van der Waals surface area contributed by atoms with Crippen LogP contribution in [0.2, 0.25) is 0 Å². The Labute approximate surface area is 201 Å². The molecule has 0 unspecified atom stereocenters. The number of hydrogen-bond acceptors (Lipinski definition) is 5. The zero-order chi connectivity index (χ0) is 24.7. The molecule has 34 heavy (non-hydrogen) atoms. The van der Waals surface area contributed by atoms with Crippen LogP contribution in [0, 0.1) is 0 Å². The van der Waals surface area contributed by atoms with E-state index in [9.17, 15) is 13.2 Å². The first-order valence-electron chi connectivity index (χ1n) is 11.0. The molecule has 0 fully saturated rings. The topological polar surface area (TPSA) is 84.9 Å². The Hall–Kier alpha value is -3.36. The van der Waals surface area contributed by atoms with Gasteiger partial charge in [-0.1, -0.05) is 38.1 Å². The maximum Gasteiger partial charge on any atom is 0.252 e. The van der Waals surface area contributed by atoms with Crippen molar-refractivity contribution in [3.05, 3.63) is 89.5 Å². The fourth-order valence-electron chi connectivity index (χ4n) is 3.66. The molecule has 0 aliphatic carbocycles. The van der Waals surface area contributed by atoms with Gasteiger partial charge in [-0.2, -0.15) is 4.31 Å². The Morgan fingerprint density at radius 2 is 1.24 bits per heavy atom. The molecule has 0 saturated carbocycles. The van der Waals surface area contributed by atoms with E-state index in [1.165, 1.54) is 28.6 Å². The van der Waals surface area contributed by atoms with Gasteiger partial charge in [-0.25, -0.2) is 8.42 Å². The SMILES string of the molecule is CCN(CC)S(=O)(=O)c1ccc(C(=O)NC(c2ccc(OC)cc2)c2ccc(OC)cc2)cc1. The summed E-state index contributed by atoms with van der Waals surface area (Å²) >= 11 is 0. The number of nitrogens with zero attached hydrogens (tertiary/aromatic N) is 1. The van der Waals surface area contributed by atoms with Gasteiger partial charge in [0, 0.05) is 18.7 Å². The molecule has 0 spiro atoms. The van der Waals surface area contributed by atoms with Crippen molar-refractivity contribution in [2.45, 2.75) is 24.8 Å². The smallest absolute Gasteiger partial charge is 0.252 e. The van der Waals surface area contributed by atoms with E-state index in [0.717, 1.165) is 11.1 Å². The van der Waals surface area contributed by atoms with E-state index in [1.807, 2.05) is 48.5 Å². The quantitative estimate of drug-likeness (QED) is 0.467. The molecule has 0 saturated heterocycles. The minimum absolute atomic E-state index is 0.162. The number of rotatable bonds is 10. The van der Waals surface area contributed by atoms with Crippen LogP contribution in [0.15, 0.2) is 77.7 Å². The van der Waals surface area contributed by atoms with Crippen LogP contribution in [0.4, 0.5) is 0 Å². The lowest BCUT2D eigenvalue weighted by Gasteiger charge is -2.21. The van der Waals surface area contributed by atoms with Crippen LogP contribution in [-0.2, 0) is 10.0 Å². The molecule has 8 heteroatoms. The van der Waals surface area contributed by atoms with Gasteiger partial charge >= 0.3 is 0 Å². The van der Waals surface area contributed by atoms with Gasteiger partial charge in [0.05, 0.1) is 25.2 Å². The second-order valence-corrected chi connectivity index (χ2v) is 9.50. The predicted octanol–water partition coefficient (Wildman–Crippen LogP) is 4.25. The van der Waals surface area contributed by atoms with Gasteiger partial charge in [0.25, 0.3) is 5.91 Å². The van der Waals surface area contributed by atoms with Crippen molar-refractivity contribution in [3.63, 3.8) is 0 Å². The Morgan fingerprint density at radius 1 is 0.794 bits per heavy atom.